The molecule has 1 aromatic heterocycles. The summed E-state index contributed by atoms with van der Waals surface area (Å²) in [5, 5.41) is 6.54. The lowest BCUT2D eigenvalue weighted by molar-refractivity contribution is -0.125. The number of alkyl carbamates (subject to hydrolysis) is 1. The third kappa shape index (κ3) is 10.3. The number of ether oxygens (including phenoxy) is 2. The lowest BCUT2D eigenvalue weighted by atomic mass is 10.0. The van der Waals surface area contributed by atoms with Gasteiger partial charge in [0.25, 0.3) is 0 Å². The molecule has 1 saturated carbocycles. The van der Waals surface area contributed by atoms with Crippen LogP contribution in [-0.2, 0) is 9.53 Å². The Kier molecular flexibility index (Phi) is 11.2. The maximum absolute atomic E-state index is 13.5. The van der Waals surface area contributed by atoms with Crippen molar-refractivity contribution in [2.75, 3.05) is 25.4 Å². The second-order valence-electron chi connectivity index (χ2n) is 11.7. The highest BCUT2D eigenvalue weighted by molar-refractivity contribution is 8.16. The molecule has 0 aromatic carbocycles. The fourth-order valence-corrected chi connectivity index (χ4v) is 5.08. The lowest BCUT2D eigenvalue weighted by Crippen LogP contribution is -2.45. The summed E-state index contributed by atoms with van der Waals surface area (Å²) in [4.78, 5) is 46.8. The van der Waals surface area contributed by atoms with E-state index in [1.54, 1.807) is 6.07 Å². The highest BCUT2D eigenvalue weighted by Crippen LogP contribution is 2.32. The van der Waals surface area contributed by atoms with Crippen LogP contribution in [0.3, 0.4) is 0 Å². The fraction of sp³-hybridized carbons (Fsp3) is 0.690. The van der Waals surface area contributed by atoms with Crippen LogP contribution in [0.1, 0.15) is 91.9 Å². The number of hydrogen-bond donors (Lipinski definition) is 2. The van der Waals surface area contributed by atoms with Crippen molar-refractivity contribution in [3.05, 3.63) is 28.3 Å². The van der Waals surface area contributed by atoms with E-state index in [0.717, 1.165) is 36.4 Å². The van der Waals surface area contributed by atoms with Crippen molar-refractivity contribution >= 4 is 34.5 Å². The van der Waals surface area contributed by atoms with Gasteiger partial charge in [0, 0.05) is 24.9 Å². The van der Waals surface area contributed by atoms with E-state index in [4.69, 9.17) is 18.9 Å². The minimum Gasteiger partial charge on any atom is -0.493 e. The summed E-state index contributed by atoms with van der Waals surface area (Å²) in [6.07, 6.45) is 4.94. The standard InChI is InChI=1S/C29H44N4O6S/c1-7-8-10-22(23-15-21(16-24(34)38-23)37-17-20-11-12-20)32-26(35)29(6)18-40-25(33-29)19(2)30-13-9-14-31-27(36)39-28(3,4)5/h15-16,20,22H,7-14,17-18H2,1-6H3,(H,31,36)(H,32,35)/t22-,29?/m1/s1. The van der Waals surface area contributed by atoms with Gasteiger partial charge in [-0.1, -0.05) is 19.8 Å². The highest BCUT2D eigenvalue weighted by Gasteiger charge is 2.40. The Morgan fingerprint density at radius 1 is 1.27 bits per heavy atom. The first-order chi connectivity index (χ1) is 18.9. The van der Waals surface area contributed by atoms with E-state index in [-0.39, 0.29) is 5.91 Å². The fourth-order valence-electron chi connectivity index (χ4n) is 3.93. The molecule has 2 atom stereocenters. The van der Waals surface area contributed by atoms with Crippen molar-refractivity contribution in [1.29, 1.82) is 0 Å². The van der Waals surface area contributed by atoms with Gasteiger partial charge < -0.3 is 24.5 Å². The van der Waals surface area contributed by atoms with Gasteiger partial charge in [-0.25, -0.2) is 9.59 Å². The van der Waals surface area contributed by atoms with Crippen LogP contribution in [0.25, 0.3) is 0 Å². The van der Waals surface area contributed by atoms with Crippen LogP contribution >= 0.6 is 11.8 Å². The second-order valence-corrected chi connectivity index (χ2v) is 12.6. The zero-order valence-electron chi connectivity index (χ0n) is 24.6. The molecule has 0 bridgehead atoms. The Balaban J connectivity index is 1.59. The molecule has 1 unspecified atom stereocenters. The van der Waals surface area contributed by atoms with Crippen LogP contribution in [0.4, 0.5) is 4.79 Å². The average molecular weight is 577 g/mol. The van der Waals surface area contributed by atoms with Crippen LogP contribution in [-0.4, -0.2) is 59.3 Å². The summed E-state index contributed by atoms with van der Waals surface area (Å²) in [6, 6.07) is 2.61. The van der Waals surface area contributed by atoms with E-state index in [1.165, 1.54) is 17.8 Å². The van der Waals surface area contributed by atoms with E-state index < -0.39 is 28.9 Å². The Hall–Kier alpha value is -2.82. The van der Waals surface area contributed by atoms with Gasteiger partial charge in [0.1, 0.15) is 27.7 Å². The summed E-state index contributed by atoms with van der Waals surface area (Å²) in [6.45, 7) is 12.8. The van der Waals surface area contributed by atoms with Gasteiger partial charge in [0.15, 0.2) is 0 Å². The molecule has 2 amide bonds. The molecule has 2 aliphatic rings. The molecule has 222 valence electrons. The third-order valence-electron chi connectivity index (χ3n) is 6.43. The van der Waals surface area contributed by atoms with Gasteiger partial charge in [-0.2, -0.15) is 0 Å². The van der Waals surface area contributed by atoms with E-state index >= 15 is 0 Å². The van der Waals surface area contributed by atoms with Gasteiger partial charge in [0.2, 0.25) is 5.91 Å². The normalized spacial score (nSPS) is 20.1. The first-order valence-corrected chi connectivity index (χ1v) is 15.2. The first kappa shape index (κ1) is 31.7. The number of carbonyl (C=O) groups is 2. The minimum atomic E-state index is -0.972. The summed E-state index contributed by atoms with van der Waals surface area (Å²) in [7, 11) is 0. The summed E-state index contributed by atoms with van der Waals surface area (Å²) in [5.74, 6) is 1.69. The number of nitrogens with zero attached hydrogens (tertiary/aromatic N) is 2. The van der Waals surface area contributed by atoms with Gasteiger partial charge >= 0.3 is 11.7 Å². The molecule has 2 N–H and O–H groups in total. The SMILES string of the molecule is CCCC[C@@H](NC(=O)C1(C)CSC(C(C)=NCCCNC(=O)OC(C)(C)C)=N1)c1cc(OCC2CC2)cc(=O)o1. The van der Waals surface area contributed by atoms with E-state index in [2.05, 4.69) is 22.5 Å². The van der Waals surface area contributed by atoms with Crippen LogP contribution < -0.4 is 21.0 Å². The molecule has 1 aliphatic carbocycles. The van der Waals surface area contributed by atoms with Gasteiger partial charge in [-0.15, -0.1) is 11.8 Å². The first-order valence-electron chi connectivity index (χ1n) is 14.2. The summed E-state index contributed by atoms with van der Waals surface area (Å²) < 4.78 is 16.6. The molecule has 0 spiro atoms. The zero-order valence-corrected chi connectivity index (χ0v) is 25.4. The molecule has 0 radical (unpaired) electrons. The van der Waals surface area contributed by atoms with Crippen LogP contribution in [0.2, 0.25) is 0 Å². The molecule has 1 fully saturated rings. The van der Waals surface area contributed by atoms with Crippen LogP contribution in [0, 0.1) is 5.92 Å². The van der Waals surface area contributed by atoms with Gasteiger partial charge in [-0.05, 0) is 66.2 Å². The van der Waals surface area contributed by atoms with Crippen molar-refractivity contribution < 1.29 is 23.5 Å². The topological polar surface area (TPSA) is 132 Å². The molecular weight excluding hydrogens is 532 g/mol. The molecule has 1 aliphatic heterocycles. The Morgan fingerprint density at radius 2 is 2.02 bits per heavy atom. The number of hydrogen-bond acceptors (Lipinski definition) is 9. The second kappa shape index (κ2) is 14.2. The van der Waals surface area contributed by atoms with Crippen molar-refractivity contribution in [1.82, 2.24) is 10.6 Å². The smallest absolute Gasteiger partial charge is 0.407 e. The Bertz CT molecular complexity index is 1150. The minimum absolute atomic E-state index is 0.225. The number of carbonyl (C=O) groups excluding carboxylic acids is 2. The Morgan fingerprint density at radius 3 is 2.70 bits per heavy atom. The number of nitrogens with one attached hydrogen (secondary N) is 2. The molecule has 40 heavy (non-hydrogen) atoms. The highest BCUT2D eigenvalue weighted by atomic mass is 32.2. The number of unbranched alkanes of at least 4 members (excludes halogenated alkanes) is 1. The quantitative estimate of drug-likeness (QED) is 0.234. The third-order valence-corrected chi connectivity index (χ3v) is 7.80. The van der Waals surface area contributed by atoms with Gasteiger partial charge in [0.05, 0.1) is 24.4 Å². The summed E-state index contributed by atoms with van der Waals surface area (Å²) >= 11 is 1.50. The van der Waals surface area contributed by atoms with Crippen molar-refractivity contribution in [3.63, 3.8) is 0 Å². The van der Waals surface area contributed by atoms with Gasteiger partial charge in [-0.3, -0.25) is 14.8 Å². The molecule has 10 nitrogen and oxygen atoms in total. The molecule has 0 saturated heterocycles. The molecule has 3 rings (SSSR count). The molecular formula is C29H44N4O6S. The van der Waals surface area contributed by atoms with E-state index in [9.17, 15) is 14.4 Å². The van der Waals surface area contributed by atoms with E-state index in [1.807, 2.05) is 34.6 Å². The number of amides is 2. The summed E-state index contributed by atoms with van der Waals surface area (Å²) in [5.41, 5.74) is -1.24. The number of rotatable bonds is 14. The monoisotopic (exact) mass is 576 g/mol. The Labute approximate surface area is 241 Å². The zero-order chi connectivity index (χ0) is 29.3. The predicted octanol–water partition coefficient (Wildman–Crippen LogP) is 5.06. The van der Waals surface area contributed by atoms with Crippen molar-refractivity contribution in [2.45, 2.75) is 97.2 Å². The average Bonchev–Trinajstić information content (AvgIpc) is 3.62. The number of thioether (sulfide) groups is 1. The molecule has 2 heterocycles. The molecule has 11 heteroatoms. The van der Waals surface area contributed by atoms with Crippen molar-refractivity contribution in [2.24, 2.45) is 15.9 Å². The number of aliphatic imine (C=N–C) groups is 2. The van der Waals surface area contributed by atoms with Crippen molar-refractivity contribution in [3.8, 4) is 5.75 Å². The predicted molar refractivity (Wildman–Crippen MR) is 159 cm³/mol. The maximum Gasteiger partial charge on any atom is 0.407 e. The largest absolute Gasteiger partial charge is 0.493 e. The van der Waals surface area contributed by atoms with E-state index in [0.29, 0.717) is 55.7 Å². The maximum atomic E-state index is 13.5. The lowest BCUT2D eigenvalue weighted by Gasteiger charge is -2.24. The van der Waals surface area contributed by atoms with Crippen LogP contribution in [0.15, 0.2) is 31.3 Å². The molecule has 1 aromatic rings. The van der Waals surface area contributed by atoms with Crippen LogP contribution in [0.5, 0.6) is 5.75 Å².